The van der Waals surface area contributed by atoms with Gasteiger partial charge >= 0.3 is 11.9 Å². The van der Waals surface area contributed by atoms with Gasteiger partial charge < -0.3 is 37.1 Å². The molecule has 0 aromatic carbocycles. The van der Waals surface area contributed by atoms with Gasteiger partial charge in [0, 0.05) is 25.7 Å². The number of phosphoric ester groups is 1. The first-order valence-electron chi connectivity index (χ1n) is 25.2. The summed E-state index contributed by atoms with van der Waals surface area (Å²) in [7, 11) is 1.11. The van der Waals surface area contributed by atoms with Crippen LogP contribution in [0.3, 0.4) is 0 Å². The van der Waals surface area contributed by atoms with Crippen LogP contribution in [0.2, 0.25) is 0 Å². The van der Waals surface area contributed by atoms with Gasteiger partial charge in [0.15, 0.2) is 6.10 Å². The van der Waals surface area contributed by atoms with Crippen LogP contribution in [0, 0.1) is 13.8 Å². The third kappa shape index (κ3) is 29.9. The Balaban J connectivity index is 1.60. The number of allylic oxidation sites excluding steroid dienone is 5. The second-order valence-electron chi connectivity index (χ2n) is 18.8. The number of aryl methyl sites for hydroxylation is 2. The Labute approximate surface area is 389 Å². The zero-order valence-electron chi connectivity index (χ0n) is 41.4. The van der Waals surface area contributed by atoms with Crippen LogP contribution in [0.25, 0.3) is 0 Å². The van der Waals surface area contributed by atoms with E-state index in [1.807, 2.05) is 27.2 Å². The van der Waals surface area contributed by atoms with Crippen molar-refractivity contribution in [3.8, 4) is 0 Å². The van der Waals surface area contributed by atoms with Gasteiger partial charge in [0.05, 0.1) is 40.0 Å². The molecule has 1 aromatic rings. The lowest BCUT2D eigenvalue weighted by Crippen LogP contribution is -2.37. The van der Waals surface area contributed by atoms with Gasteiger partial charge in [-0.3, -0.25) is 14.2 Å². The molecule has 4 atom stereocenters. The van der Waals surface area contributed by atoms with Crippen molar-refractivity contribution in [2.45, 2.75) is 213 Å². The number of nitrogens with zero attached hydrogens (tertiary/aromatic N) is 1. The predicted molar refractivity (Wildman–Crippen MR) is 257 cm³/mol. The van der Waals surface area contributed by atoms with E-state index in [2.05, 4.69) is 58.1 Å². The Morgan fingerprint density at radius 1 is 0.672 bits per heavy atom. The molecule has 1 saturated heterocycles. The number of hydrogen-bond acceptors (Lipinski definition) is 10. The summed E-state index contributed by atoms with van der Waals surface area (Å²) in [5.41, 5.74) is 2.69. The molecule has 64 heavy (non-hydrogen) atoms. The third-order valence-electron chi connectivity index (χ3n) is 11.8. The molecule has 11 nitrogen and oxygen atoms in total. The van der Waals surface area contributed by atoms with Crippen LogP contribution in [0.4, 0.5) is 0 Å². The highest BCUT2D eigenvalue weighted by molar-refractivity contribution is 7.45. The monoisotopic (exact) mass is 920 g/mol. The molecule has 2 rings (SSSR count). The molecule has 12 heteroatoms. The van der Waals surface area contributed by atoms with E-state index in [1.165, 1.54) is 106 Å². The summed E-state index contributed by atoms with van der Waals surface area (Å²) >= 11 is 0. The molecular weight excluding hydrogens is 830 g/mol. The Morgan fingerprint density at radius 3 is 1.84 bits per heavy atom. The molecule has 0 spiro atoms. The van der Waals surface area contributed by atoms with Crippen LogP contribution in [0.15, 0.2) is 40.9 Å². The minimum absolute atomic E-state index is 0.0490. The van der Waals surface area contributed by atoms with Crippen molar-refractivity contribution in [1.82, 2.24) is 0 Å². The highest BCUT2D eigenvalue weighted by Crippen LogP contribution is 2.38. The number of quaternary nitrogens is 1. The number of hydrogen-bond donors (Lipinski definition) is 0. The van der Waals surface area contributed by atoms with Gasteiger partial charge in [-0.05, 0) is 82.8 Å². The van der Waals surface area contributed by atoms with Crippen LogP contribution in [-0.4, -0.2) is 82.2 Å². The molecule has 0 saturated carbocycles. The second-order valence-corrected chi connectivity index (χ2v) is 20.2. The molecule has 1 aliphatic heterocycles. The zero-order valence-corrected chi connectivity index (χ0v) is 42.3. The van der Waals surface area contributed by atoms with E-state index in [4.69, 9.17) is 27.7 Å². The zero-order chi connectivity index (χ0) is 46.9. The van der Waals surface area contributed by atoms with Gasteiger partial charge in [0.2, 0.25) is 0 Å². The molecule has 1 aromatic heterocycles. The molecule has 0 N–H and O–H groups in total. The molecule has 3 unspecified atom stereocenters. The lowest BCUT2D eigenvalue weighted by Gasteiger charge is -2.28. The number of furan rings is 1. The highest BCUT2D eigenvalue weighted by Gasteiger charge is 2.36. The number of carbonyl (C=O) groups is 2. The van der Waals surface area contributed by atoms with Crippen molar-refractivity contribution in [3.63, 3.8) is 0 Å². The Bertz CT molecular complexity index is 1530. The summed E-state index contributed by atoms with van der Waals surface area (Å²) in [5.74, 6) is 1.45. The van der Waals surface area contributed by atoms with E-state index in [0.29, 0.717) is 42.5 Å². The summed E-state index contributed by atoms with van der Waals surface area (Å²) in [4.78, 5) is 37.8. The molecule has 0 radical (unpaired) electrons. The minimum atomic E-state index is -4.66. The molecule has 2 heterocycles. The third-order valence-corrected chi connectivity index (χ3v) is 12.8. The summed E-state index contributed by atoms with van der Waals surface area (Å²) in [6.45, 7) is 8.48. The van der Waals surface area contributed by atoms with Gasteiger partial charge in [-0.15, -0.1) is 0 Å². The average molecular weight is 920 g/mol. The SMILES string of the molecule is CCCCCc1oc(CCCCCCCCCCCCC(=O)OC[C@H](COP(=O)([O-])OCC[N+](C)(C)C)OC(=O)CCC/C=C\C/C=C\C/C=C\CC2OC2CCCCC)c(C)c1C. The molecule has 368 valence electrons. The fraction of sp³-hybridized carbons (Fsp3) is 0.769. The summed E-state index contributed by atoms with van der Waals surface area (Å²) < 4.78 is 46.0. The van der Waals surface area contributed by atoms with Crippen molar-refractivity contribution >= 4 is 19.8 Å². The summed E-state index contributed by atoms with van der Waals surface area (Å²) in [6.07, 6.45) is 38.8. The largest absolute Gasteiger partial charge is 0.756 e. The molecule has 1 fully saturated rings. The predicted octanol–water partition coefficient (Wildman–Crippen LogP) is 12.5. The van der Waals surface area contributed by atoms with Gasteiger partial charge in [-0.1, -0.05) is 134 Å². The minimum Gasteiger partial charge on any atom is -0.756 e. The van der Waals surface area contributed by atoms with E-state index >= 15 is 0 Å². The maximum atomic E-state index is 12.7. The fourth-order valence-corrected chi connectivity index (χ4v) is 8.18. The van der Waals surface area contributed by atoms with E-state index in [-0.39, 0.29) is 26.1 Å². The Kier molecular flexibility index (Phi) is 31.3. The molecular formula is C52H90NO10P. The molecule has 0 amide bonds. The summed E-state index contributed by atoms with van der Waals surface area (Å²) in [6, 6.07) is 0. The van der Waals surface area contributed by atoms with Gasteiger partial charge in [0.1, 0.15) is 31.3 Å². The van der Waals surface area contributed by atoms with Crippen LogP contribution < -0.4 is 4.89 Å². The number of esters is 2. The molecule has 0 bridgehead atoms. The highest BCUT2D eigenvalue weighted by atomic mass is 31.2. The molecule has 1 aliphatic rings. The van der Waals surface area contributed by atoms with Crippen LogP contribution in [-0.2, 0) is 50.3 Å². The quantitative estimate of drug-likeness (QED) is 0.0156. The first kappa shape index (κ1) is 57.6. The lowest BCUT2D eigenvalue weighted by atomic mass is 10.0. The average Bonchev–Trinajstić information content (AvgIpc) is 3.94. The number of phosphoric acid groups is 1. The topological polar surface area (TPSA) is 137 Å². The smallest absolute Gasteiger partial charge is 0.306 e. The first-order chi connectivity index (χ1) is 30.7. The van der Waals surface area contributed by atoms with Crippen molar-refractivity contribution in [2.75, 3.05) is 47.5 Å². The standard InChI is InChI=1S/C52H90NO10P/c1-8-10-28-34-47-44(3)45(4)48(62-47)35-30-24-20-16-12-14-18-22-26-32-38-51(54)58-42-46(43-60-64(56,57)59-41-40-53(5,6)7)61-52(55)39-33-27-23-19-15-13-17-21-25-31-37-50-49(63-50)36-29-11-9-2/h13,17,19,23,25,31,46,49-50H,8-12,14-16,18,20-22,24,26-30,32-43H2,1-7H3/b17-13-,23-19-,31-25-/t46-,49?,50?/m1/s1. The van der Waals surface area contributed by atoms with Crippen molar-refractivity contribution in [1.29, 1.82) is 0 Å². The van der Waals surface area contributed by atoms with Crippen molar-refractivity contribution < 1.29 is 51.2 Å². The number of ether oxygens (including phenoxy) is 3. The Morgan fingerprint density at radius 2 is 1.22 bits per heavy atom. The van der Waals surface area contributed by atoms with Crippen LogP contribution in [0.5, 0.6) is 0 Å². The molecule has 0 aliphatic carbocycles. The maximum Gasteiger partial charge on any atom is 0.306 e. The maximum absolute atomic E-state index is 12.7. The van der Waals surface area contributed by atoms with E-state index < -0.39 is 32.5 Å². The van der Waals surface area contributed by atoms with Crippen molar-refractivity contribution in [3.05, 3.63) is 59.1 Å². The first-order valence-corrected chi connectivity index (χ1v) is 26.6. The van der Waals surface area contributed by atoms with E-state index in [9.17, 15) is 19.0 Å². The number of epoxide rings is 1. The van der Waals surface area contributed by atoms with Crippen molar-refractivity contribution in [2.24, 2.45) is 0 Å². The normalized spacial score (nSPS) is 16.9. The van der Waals surface area contributed by atoms with E-state index in [1.54, 1.807) is 0 Å². The van der Waals surface area contributed by atoms with Gasteiger partial charge in [0.25, 0.3) is 7.82 Å². The number of likely N-dealkylation sites (N-methyl/N-ethyl adjacent to an activating group) is 1. The van der Waals surface area contributed by atoms with E-state index in [0.717, 1.165) is 51.4 Å². The number of rotatable bonds is 41. The number of carbonyl (C=O) groups excluding carboxylic acids is 2. The Hall–Kier alpha value is -2.53. The van der Waals surface area contributed by atoms with Gasteiger partial charge in [-0.2, -0.15) is 0 Å². The number of unbranched alkanes of at least 4 members (excludes halogenated alkanes) is 14. The summed E-state index contributed by atoms with van der Waals surface area (Å²) in [5, 5.41) is 0. The lowest BCUT2D eigenvalue weighted by molar-refractivity contribution is -0.870. The van der Waals surface area contributed by atoms with Crippen LogP contribution >= 0.6 is 7.82 Å². The second kappa shape index (κ2) is 34.7. The fourth-order valence-electron chi connectivity index (χ4n) is 7.45. The van der Waals surface area contributed by atoms with Crippen LogP contribution in [0.1, 0.15) is 191 Å². The van der Waals surface area contributed by atoms with Gasteiger partial charge in [-0.25, -0.2) is 0 Å².